The highest BCUT2D eigenvalue weighted by Gasteiger charge is 2.00. The Morgan fingerprint density at radius 3 is 2.33 bits per heavy atom. The number of carbonyl (C=O) groups excluding carboxylic acids is 2. The summed E-state index contributed by atoms with van der Waals surface area (Å²) in [5, 5.41) is 2.92. The highest BCUT2D eigenvalue weighted by Crippen LogP contribution is 2.06. The van der Waals surface area contributed by atoms with Crippen molar-refractivity contribution in [2.24, 2.45) is 0 Å². The summed E-state index contributed by atoms with van der Waals surface area (Å²) in [5.74, 6) is 0.174. The van der Waals surface area contributed by atoms with Gasteiger partial charge in [-0.1, -0.05) is 45.4 Å². The summed E-state index contributed by atoms with van der Waals surface area (Å²) in [5.41, 5.74) is 0. The highest BCUT2D eigenvalue weighted by atomic mass is 16.1. The van der Waals surface area contributed by atoms with Gasteiger partial charge in [0.05, 0.1) is 0 Å². The molecule has 0 aromatic carbocycles. The first-order chi connectivity index (χ1) is 8.81. The fourth-order valence-electron chi connectivity index (χ4n) is 1.88. The van der Waals surface area contributed by atoms with Crippen LogP contribution in [0.4, 0.5) is 0 Å². The van der Waals surface area contributed by atoms with E-state index in [0.717, 1.165) is 32.2 Å². The Kier molecular flexibility index (Phi) is 13.5. The number of hydrogen-bond acceptors (Lipinski definition) is 2. The summed E-state index contributed by atoms with van der Waals surface area (Å²) in [6, 6.07) is 0. The van der Waals surface area contributed by atoms with Gasteiger partial charge in [-0.15, -0.1) is 0 Å². The quantitative estimate of drug-likeness (QED) is 0.511. The number of amides is 1. The highest BCUT2D eigenvalue weighted by molar-refractivity contribution is 5.75. The summed E-state index contributed by atoms with van der Waals surface area (Å²) in [6.07, 6.45) is 13.2. The summed E-state index contributed by atoms with van der Waals surface area (Å²) in [4.78, 5) is 21.4. The lowest BCUT2D eigenvalue weighted by Gasteiger charge is -2.04. The third-order valence-corrected chi connectivity index (χ3v) is 3.04. The number of hydrogen-bond donors (Lipinski definition) is 1. The minimum atomic E-state index is 0.174. The molecule has 1 N–H and O–H groups in total. The largest absolute Gasteiger partial charge is 0.356 e. The molecule has 0 aliphatic rings. The van der Waals surface area contributed by atoms with E-state index < -0.39 is 0 Å². The maximum atomic E-state index is 11.4. The molecule has 0 unspecified atom stereocenters. The standard InChI is InChI=1S/C15H28NO2/c1-2-3-4-5-6-9-12-15(18)16-13-10-7-8-11-14-17/h2-13H2,1H3,(H,16,18). The zero-order chi connectivity index (χ0) is 13.5. The van der Waals surface area contributed by atoms with Crippen molar-refractivity contribution in [3.63, 3.8) is 0 Å². The van der Waals surface area contributed by atoms with Gasteiger partial charge in [-0.25, -0.2) is 0 Å². The molecule has 18 heavy (non-hydrogen) atoms. The van der Waals surface area contributed by atoms with Gasteiger partial charge in [-0.05, 0) is 19.3 Å². The zero-order valence-corrected chi connectivity index (χ0v) is 11.8. The van der Waals surface area contributed by atoms with Crippen molar-refractivity contribution < 1.29 is 9.59 Å². The molecule has 0 heterocycles. The molecule has 0 aromatic rings. The normalized spacial score (nSPS) is 10.3. The Morgan fingerprint density at radius 1 is 0.944 bits per heavy atom. The molecule has 1 amide bonds. The Balaban J connectivity index is 3.15. The summed E-state index contributed by atoms with van der Waals surface area (Å²) < 4.78 is 0. The van der Waals surface area contributed by atoms with Crippen LogP contribution in [0.5, 0.6) is 0 Å². The molecule has 0 fully saturated rings. The van der Waals surface area contributed by atoms with Crippen LogP contribution < -0.4 is 5.32 Å². The van der Waals surface area contributed by atoms with E-state index in [0.29, 0.717) is 12.8 Å². The van der Waals surface area contributed by atoms with Gasteiger partial charge < -0.3 is 5.32 Å². The second-order valence-electron chi connectivity index (χ2n) is 4.82. The maximum absolute atomic E-state index is 11.4. The molecule has 0 saturated heterocycles. The van der Waals surface area contributed by atoms with Gasteiger partial charge in [-0.3, -0.25) is 9.59 Å². The van der Waals surface area contributed by atoms with Crippen LogP contribution in [0.25, 0.3) is 0 Å². The summed E-state index contributed by atoms with van der Waals surface area (Å²) in [6.45, 7) is 2.95. The van der Waals surface area contributed by atoms with E-state index in [4.69, 9.17) is 0 Å². The molecule has 0 saturated carbocycles. The monoisotopic (exact) mass is 254 g/mol. The van der Waals surface area contributed by atoms with Crippen LogP contribution in [-0.4, -0.2) is 18.7 Å². The van der Waals surface area contributed by atoms with Crippen LogP contribution in [0.2, 0.25) is 0 Å². The minimum absolute atomic E-state index is 0.174. The predicted octanol–water partition coefficient (Wildman–Crippen LogP) is 3.52. The van der Waals surface area contributed by atoms with Crippen molar-refractivity contribution in [1.82, 2.24) is 5.32 Å². The Hall–Kier alpha value is -0.860. The van der Waals surface area contributed by atoms with Gasteiger partial charge in [-0.2, -0.15) is 0 Å². The van der Waals surface area contributed by atoms with Crippen molar-refractivity contribution in [3.8, 4) is 0 Å². The molecule has 0 bridgehead atoms. The van der Waals surface area contributed by atoms with E-state index in [2.05, 4.69) is 12.2 Å². The Morgan fingerprint density at radius 2 is 1.61 bits per heavy atom. The summed E-state index contributed by atoms with van der Waals surface area (Å²) in [7, 11) is 0. The number of unbranched alkanes of at least 4 members (excludes halogenated alkanes) is 8. The molecule has 0 rings (SSSR count). The van der Waals surface area contributed by atoms with Gasteiger partial charge in [0.25, 0.3) is 0 Å². The topological polar surface area (TPSA) is 46.2 Å². The zero-order valence-electron chi connectivity index (χ0n) is 11.8. The van der Waals surface area contributed by atoms with Crippen LogP contribution in [0.1, 0.15) is 77.6 Å². The van der Waals surface area contributed by atoms with Gasteiger partial charge in [0, 0.05) is 19.4 Å². The third kappa shape index (κ3) is 13.2. The predicted molar refractivity (Wildman–Crippen MR) is 75.2 cm³/mol. The molecule has 0 atom stereocenters. The molecule has 0 aliphatic carbocycles. The molecule has 3 heteroatoms. The molecule has 1 radical (unpaired) electrons. The summed E-state index contributed by atoms with van der Waals surface area (Å²) >= 11 is 0. The van der Waals surface area contributed by atoms with E-state index in [-0.39, 0.29) is 5.91 Å². The van der Waals surface area contributed by atoms with E-state index >= 15 is 0 Å². The van der Waals surface area contributed by atoms with Crippen molar-refractivity contribution in [3.05, 3.63) is 0 Å². The first-order valence-electron chi connectivity index (χ1n) is 7.43. The molecule has 0 aliphatic heterocycles. The molecular weight excluding hydrogens is 226 g/mol. The van der Waals surface area contributed by atoms with Crippen molar-refractivity contribution in [2.75, 3.05) is 6.54 Å². The van der Waals surface area contributed by atoms with Crippen molar-refractivity contribution in [2.45, 2.75) is 77.6 Å². The fourth-order valence-corrected chi connectivity index (χ4v) is 1.88. The SMILES string of the molecule is CCCCCCCCC(=O)NCCCCC[C]=O. The maximum Gasteiger partial charge on any atom is 0.219 e. The second-order valence-corrected chi connectivity index (χ2v) is 4.82. The van der Waals surface area contributed by atoms with E-state index in [1.54, 1.807) is 0 Å². The number of nitrogens with one attached hydrogen (secondary N) is 1. The molecule has 0 aromatic heterocycles. The Bertz CT molecular complexity index is 205. The number of carbonyl (C=O) groups is 1. The third-order valence-electron chi connectivity index (χ3n) is 3.04. The smallest absolute Gasteiger partial charge is 0.219 e. The van der Waals surface area contributed by atoms with Crippen LogP contribution >= 0.6 is 0 Å². The molecule has 0 spiro atoms. The van der Waals surface area contributed by atoms with E-state index in [1.807, 2.05) is 6.29 Å². The van der Waals surface area contributed by atoms with E-state index in [1.165, 1.54) is 32.1 Å². The van der Waals surface area contributed by atoms with E-state index in [9.17, 15) is 9.59 Å². The molecule has 3 nitrogen and oxygen atoms in total. The lowest BCUT2D eigenvalue weighted by atomic mass is 10.1. The molecular formula is C15H28NO2. The Labute approximate surface area is 112 Å². The number of rotatable bonds is 13. The fraction of sp³-hybridized carbons (Fsp3) is 0.867. The van der Waals surface area contributed by atoms with Gasteiger partial charge in [0.15, 0.2) is 6.29 Å². The minimum Gasteiger partial charge on any atom is -0.356 e. The van der Waals surface area contributed by atoms with Gasteiger partial charge in [0.1, 0.15) is 0 Å². The van der Waals surface area contributed by atoms with Gasteiger partial charge in [0.2, 0.25) is 5.91 Å². The van der Waals surface area contributed by atoms with Crippen LogP contribution in [-0.2, 0) is 9.59 Å². The first kappa shape index (κ1) is 17.1. The van der Waals surface area contributed by atoms with Crippen molar-refractivity contribution in [1.29, 1.82) is 0 Å². The first-order valence-corrected chi connectivity index (χ1v) is 7.43. The van der Waals surface area contributed by atoms with Crippen molar-refractivity contribution >= 4 is 12.2 Å². The van der Waals surface area contributed by atoms with Crippen LogP contribution in [0.3, 0.4) is 0 Å². The lowest BCUT2D eigenvalue weighted by Crippen LogP contribution is -2.23. The van der Waals surface area contributed by atoms with Gasteiger partial charge >= 0.3 is 0 Å². The average Bonchev–Trinajstić information content (AvgIpc) is 2.38. The average molecular weight is 254 g/mol. The molecule has 105 valence electrons. The van der Waals surface area contributed by atoms with Crippen LogP contribution in [0.15, 0.2) is 0 Å². The second kappa shape index (κ2) is 14.2. The lowest BCUT2D eigenvalue weighted by molar-refractivity contribution is -0.121. The van der Waals surface area contributed by atoms with Crippen LogP contribution in [0, 0.1) is 0 Å².